The molecule has 0 fully saturated rings. The molecule has 0 saturated carbocycles. The number of carbonyl (C=O) groups excluding carboxylic acids is 2. The monoisotopic (exact) mass is 364 g/mol. The predicted molar refractivity (Wildman–Crippen MR) is 85.0 cm³/mol. The minimum absolute atomic E-state index is 0.149. The van der Waals surface area contributed by atoms with Gasteiger partial charge in [-0.25, -0.2) is 0 Å². The molecule has 0 saturated heterocycles. The Hall–Kier alpha value is -1.66. The summed E-state index contributed by atoms with van der Waals surface area (Å²) in [5.74, 6) is -0.613. The van der Waals surface area contributed by atoms with Gasteiger partial charge in [0.15, 0.2) is 0 Å². The van der Waals surface area contributed by atoms with Gasteiger partial charge >= 0.3 is 0 Å². The normalized spacial score (nSPS) is 17.4. The largest absolute Gasteiger partial charge is 0.368 e. The topological polar surface area (TPSA) is 63.4 Å². The number of nitrogens with zero attached hydrogens (tertiary/aromatic N) is 1. The zero-order chi connectivity index (χ0) is 15.0. The smallest absolute Gasteiger partial charge is 0.264 e. The van der Waals surface area contributed by atoms with Gasteiger partial charge in [0, 0.05) is 13.0 Å². The SMILES string of the molecule is NC(=O)[C@@H]1Cc2ccccc2CN1C(=O)c1ccc(Br)s1. The Bertz CT molecular complexity index is 713. The van der Waals surface area contributed by atoms with Crippen molar-refractivity contribution in [2.45, 2.75) is 19.0 Å². The van der Waals surface area contributed by atoms with E-state index >= 15 is 0 Å². The van der Waals surface area contributed by atoms with Crippen LogP contribution in [0.5, 0.6) is 0 Å². The van der Waals surface area contributed by atoms with Crippen molar-refractivity contribution in [1.82, 2.24) is 4.90 Å². The van der Waals surface area contributed by atoms with Crippen molar-refractivity contribution in [3.8, 4) is 0 Å². The maximum absolute atomic E-state index is 12.6. The van der Waals surface area contributed by atoms with Crippen LogP contribution in [-0.2, 0) is 17.8 Å². The summed E-state index contributed by atoms with van der Waals surface area (Å²) >= 11 is 4.71. The highest BCUT2D eigenvalue weighted by Crippen LogP contribution is 2.28. The number of carbonyl (C=O) groups is 2. The van der Waals surface area contributed by atoms with E-state index in [0.29, 0.717) is 17.8 Å². The van der Waals surface area contributed by atoms with Crippen molar-refractivity contribution < 1.29 is 9.59 Å². The molecule has 1 aliphatic rings. The lowest BCUT2D eigenvalue weighted by molar-refractivity contribution is -0.122. The Kier molecular flexibility index (Phi) is 3.82. The van der Waals surface area contributed by atoms with Gasteiger partial charge in [-0.3, -0.25) is 9.59 Å². The van der Waals surface area contributed by atoms with Gasteiger partial charge in [0.1, 0.15) is 6.04 Å². The van der Waals surface area contributed by atoms with Gasteiger partial charge in [-0.05, 0) is 39.2 Å². The standard InChI is InChI=1S/C15H13BrN2O2S/c16-13-6-5-12(21-13)15(20)18-8-10-4-2-1-3-9(10)7-11(18)14(17)19/h1-6,11H,7-8H2,(H2,17,19)/t11-/m0/s1. The molecule has 6 heteroatoms. The molecule has 2 heterocycles. The fourth-order valence-corrected chi connectivity index (χ4v) is 3.90. The molecule has 0 aliphatic carbocycles. The van der Waals surface area contributed by atoms with Crippen LogP contribution in [0.4, 0.5) is 0 Å². The highest BCUT2D eigenvalue weighted by atomic mass is 79.9. The van der Waals surface area contributed by atoms with Gasteiger partial charge < -0.3 is 10.6 Å². The number of nitrogens with two attached hydrogens (primary N) is 1. The first-order valence-electron chi connectivity index (χ1n) is 6.48. The number of rotatable bonds is 2. The van der Waals surface area contributed by atoms with Crippen LogP contribution >= 0.6 is 27.3 Å². The van der Waals surface area contributed by atoms with Crippen molar-refractivity contribution in [2.75, 3.05) is 0 Å². The number of amides is 2. The van der Waals surface area contributed by atoms with Crippen molar-refractivity contribution >= 4 is 39.1 Å². The Balaban J connectivity index is 1.96. The molecule has 0 unspecified atom stereocenters. The molecule has 0 spiro atoms. The van der Waals surface area contributed by atoms with Gasteiger partial charge in [0.05, 0.1) is 8.66 Å². The molecular formula is C15H13BrN2O2S. The summed E-state index contributed by atoms with van der Waals surface area (Å²) < 4.78 is 0.888. The molecule has 2 aromatic rings. The van der Waals surface area contributed by atoms with E-state index in [1.807, 2.05) is 30.3 Å². The van der Waals surface area contributed by atoms with E-state index in [-0.39, 0.29) is 5.91 Å². The number of halogens is 1. The van der Waals surface area contributed by atoms with Gasteiger partial charge in [0.25, 0.3) is 5.91 Å². The summed E-state index contributed by atoms with van der Waals surface area (Å²) in [5.41, 5.74) is 7.65. The molecule has 1 aliphatic heterocycles. The van der Waals surface area contributed by atoms with Crippen LogP contribution in [0.2, 0.25) is 0 Å². The van der Waals surface area contributed by atoms with Crippen LogP contribution < -0.4 is 5.73 Å². The maximum atomic E-state index is 12.6. The predicted octanol–water partition coefficient (Wildman–Crippen LogP) is 2.56. The molecule has 2 amide bonds. The van der Waals surface area contributed by atoms with E-state index < -0.39 is 11.9 Å². The lowest BCUT2D eigenvalue weighted by Crippen LogP contribution is -2.51. The molecule has 108 valence electrons. The third-order valence-corrected chi connectivity index (χ3v) is 5.23. The molecule has 1 aromatic heterocycles. The van der Waals surface area contributed by atoms with Gasteiger partial charge in [-0.2, -0.15) is 0 Å². The first-order chi connectivity index (χ1) is 10.1. The van der Waals surface area contributed by atoms with E-state index in [9.17, 15) is 9.59 Å². The minimum atomic E-state index is -0.590. The molecule has 1 atom stereocenters. The molecule has 3 rings (SSSR count). The molecule has 4 nitrogen and oxygen atoms in total. The zero-order valence-corrected chi connectivity index (χ0v) is 13.5. The van der Waals surface area contributed by atoms with E-state index in [1.54, 1.807) is 11.0 Å². The number of fused-ring (bicyclic) bond motifs is 1. The van der Waals surface area contributed by atoms with E-state index in [1.165, 1.54) is 11.3 Å². The molecule has 2 N–H and O–H groups in total. The summed E-state index contributed by atoms with van der Waals surface area (Å²) in [6.45, 7) is 0.415. The molecule has 0 radical (unpaired) electrons. The van der Waals surface area contributed by atoms with Crippen LogP contribution in [0.1, 0.15) is 20.8 Å². The van der Waals surface area contributed by atoms with Crippen molar-refractivity contribution in [2.24, 2.45) is 5.73 Å². The highest BCUT2D eigenvalue weighted by molar-refractivity contribution is 9.11. The van der Waals surface area contributed by atoms with Gasteiger partial charge in [0.2, 0.25) is 5.91 Å². The Labute approximate surface area is 134 Å². The van der Waals surface area contributed by atoms with Crippen molar-refractivity contribution in [1.29, 1.82) is 0 Å². The second-order valence-electron chi connectivity index (χ2n) is 4.93. The summed E-state index contributed by atoms with van der Waals surface area (Å²) in [5, 5.41) is 0. The third-order valence-electron chi connectivity index (χ3n) is 3.62. The molecule has 0 bridgehead atoms. The first kappa shape index (κ1) is 14.3. The number of hydrogen-bond acceptors (Lipinski definition) is 3. The lowest BCUT2D eigenvalue weighted by atomic mass is 9.93. The molecule has 21 heavy (non-hydrogen) atoms. The number of hydrogen-bond donors (Lipinski definition) is 1. The highest BCUT2D eigenvalue weighted by Gasteiger charge is 2.34. The van der Waals surface area contributed by atoms with E-state index in [2.05, 4.69) is 15.9 Å². The van der Waals surface area contributed by atoms with Crippen molar-refractivity contribution in [3.63, 3.8) is 0 Å². The Morgan fingerprint density at radius 1 is 1.19 bits per heavy atom. The summed E-state index contributed by atoms with van der Waals surface area (Å²) in [7, 11) is 0. The van der Waals surface area contributed by atoms with Crippen LogP contribution in [-0.4, -0.2) is 22.8 Å². The average molecular weight is 365 g/mol. The van der Waals surface area contributed by atoms with Crippen LogP contribution in [0, 0.1) is 0 Å². The Morgan fingerprint density at radius 2 is 1.90 bits per heavy atom. The van der Waals surface area contributed by atoms with E-state index in [0.717, 1.165) is 14.9 Å². The molecule has 1 aromatic carbocycles. The van der Waals surface area contributed by atoms with Crippen LogP contribution in [0.15, 0.2) is 40.2 Å². The second-order valence-corrected chi connectivity index (χ2v) is 7.39. The number of thiophene rings is 1. The lowest BCUT2D eigenvalue weighted by Gasteiger charge is -2.34. The summed E-state index contributed by atoms with van der Waals surface area (Å²) in [6.07, 6.45) is 0.476. The van der Waals surface area contributed by atoms with Crippen LogP contribution in [0.3, 0.4) is 0 Å². The van der Waals surface area contributed by atoms with Gasteiger partial charge in [-0.15, -0.1) is 11.3 Å². The third kappa shape index (κ3) is 2.73. The minimum Gasteiger partial charge on any atom is -0.368 e. The Morgan fingerprint density at radius 3 is 2.52 bits per heavy atom. The van der Waals surface area contributed by atoms with Gasteiger partial charge in [-0.1, -0.05) is 24.3 Å². The first-order valence-corrected chi connectivity index (χ1v) is 8.09. The average Bonchev–Trinajstić information content (AvgIpc) is 2.91. The number of benzene rings is 1. The zero-order valence-electron chi connectivity index (χ0n) is 11.1. The second kappa shape index (κ2) is 5.61. The number of primary amides is 1. The van der Waals surface area contributed by atoms with Crippen LogP contribution in [0.25, 0.3) is 0 Å². The fraction of sp³-hybridized carbons (Fsp3) is 0.200. The summed E-state index contributed by atoms with van der Waals surface area (Å²) in [6, 6.07) is 10.8. The fourth-order valence-electron chi connectivity index (χ4n) is 2.56. The quantitative estimate of drug-likeness (QED) is 0.889. The van der Waals surface area contributed by atoms with E-state index in [4.69, 9.17) is 5.73 Å². The molecular weight excluding hydrogens is 352 g/mol. The van der Waals surface area contributed by atoms with Crippen molar-refractivity contribution in [3.05, 3.63) is 56.2 Å². The summed E-state index contributed by atoms with van der Waals surface area (Å²) in [4.78, 5) is 26.6. The maximum Gasteiger partial charge on any atom is 0.264 e.